The molecule has 4 heterocycles. The second kappa shape index (κ2) is 12.9. The van der Waals surface area contributed by atoms with Crippen LogP contribution in [0.3, 0.4) is 0 Å². The topological polar surface area (TPSA) is 43.6 Å². The molecule has 0 saturated carbocycles. The number of aromatic nitrogens is 4. The molecule has 0 aliphatic rings. The normalized spacial score (nSPS) is 11.4. The molecular weight excluding hydrogens is 645 g/mol. The zero-order chi connectivity index (χ0) is 35.1. The Kier molecular flexibility index (Phi) is 7.43. The Balaban J connectivity index is 1.05. The molecule has 0 bridgehead atoms. The zero-order valence-electron chi connectivity index (χ0n) is 28.8. The Morgan fingerprint density at radius 1 is 0.377 bits per heavy atom. The molecule has 248 valence electrons. The molecule has 0 saturated heterocycles. The highest BCUT2D eigenvalue weighted by molar-refractivity contribution is 6.10. The predicted octanol–water partition coefficient (Wildman–Crippen LogP) is 12.5. The molecule has 0 aliphatic carbocycles. The quantitative estimate of drug-likeness (QED) is 0.176. The van der Waals surface area contributed by atoms with Crippen LogP contribution in [0.1, 0.15) is 0 Å². The molecule has 0 N–H and O–H groups in total. The van der Waals surface area contributed by atoms with Crippen LogP contribution in [0.2, 0.25) is 0 Å². The molecule has 0 radical (unpaired) electrons. The summed E-state index contributed by atoms with van der Waals surface area (Å²) in [5.74, 6) is 0. The van der Waals surface area contributed by atoms with E-state index in [0.717, 1.165) is 72.6 Å². The van der Waals surface area contributed by atoms with E-state index in [1.165, 1.54) is 21.7 Å². The fourth-order valence-electron chi connectivity index (χ4n) is 7.57. The minimum Gasteiger partial charge on any atom is -0.309 e. The van der Waals surface area contributed by atoms with Gasteiger partial charge in [0.2, 0.25) is 0 Å². The number of pyridine rings is 3. The van der Waals surface area contributed by atoms with E-state index in [9.17, 15) is 0 Å². The minimum absolute atomic E-state index is 0.839. The SMILES string of the molecule is c1ccc(-n2c3ccncc3c3cc(-c4ccc(-c5cc(-c6cccc(-c7cccc8ccccc78)c6)nc(-c6ccccn6)c5)cc4)ccc32)cc1. The molecule has 0 aliphatic heterocycles. The van der Waals surface area contributed by atoms with Gasteiger partial charge in [0, 0.05) is 40.6 Å². The van der Waals surface area contributed by atoms with E-state index in [-0.39, 0.29) is 0 Å². The molecule has 0 spiro atoms. The molecule has 53 heavy (non-hydrogen) atoms. The van der Waals surface area contributed by atoms with Crippen LogP contribution in [0.5, 0.6) is 0 Å². The highest BCUT2D eigenvalue weighted by Crippen LogP contribution is 2.37. The summed E-state index contributed by atoms with van der Waals surface area (Å²) in [4.78, 5) is 14.3. The number of benzene rings is 6. The van der Waals surface area contributed by atoms with Gasteiger partial charge in [-0.2, -0.15) is 0 Å². The third-order valence-corrected chi connectivity index (χ3v) is 10.1. The Labute approximate surface area is 307 Å². The molecule has 4 aromatic heterocycles. The molecule has 0 unspecified atom stereocenters. The summed E-state index contributed by atoms with van der Waals surface area (Å²) in [5.41, 5.74) is 14.0. The Morgan fingerprint density at radius 3 is 1.96 bits per heavy atom. The van der Waals surface area contributed by atoms with Crippen molar-refractivity contribution in [3.63, 3.8) is 0 Å². The van der Waals surface area contributed by atoms with Gasteiger partial charge in [-0.15, -0.1) is 0 Å². The summed E-state index contributed by atoms with van der Waals surface area (Å²) < 4.78 is 2.32. The van der Waals surface area contributed by atoms with Gasteiger partial charge in [-0.3, -0.25) is 9.97 Å². The van der Waals surface area contributed by atoms with Crippen LogP contribution in [0.4, 0.5) is 0 Å². The van der Waals surface area contributed by atoms with Gasteiger partial charge < -0.3 is 4.57 Å². The first kappa shape index (κ1) is 30.6. The standard InChI is InChI=1S/C49H32N4/c1-2-14-40(15-3-1)53-48-24-23-36(29-43(48)44-32-50-27-25-49(44)53)33-19-21-34(22-20-33)39-30-46(52-47(31-39)45-18-6-7-26-51-45)38-13-8-12-37(28-38)42-17-9-11-35-10-4-5-16-41(35)42/h1-32H. The van der Waals surface area contributed by atoms with Crippen molar-refractivity contribution in [3.8, 4) is 61.7 Å². The van der Waals surface area contributed by atoms with Crippen molar-refractivity contribution in [1.82, 2.24) is 19.5 Å². The van der Waals surface area contributed by atoms with Gasteiger partial charge in [0.05, 0.1) is 28.1 Å². The van der Waals surface area contributed by atoms with Gasteiger partial charge in [-0.1, -0.05) is 115 Å². The second-order valence-electron chi connectivity index (χ2n) is 13.3. The number of hydrogen-bond donors (Lipinski definition) is 0. The number of fused-ring (bicyclic) bond motifs is 4. The van der Waals surface area contributed by atoms with Crippen molar-refractivity contribution in [2.45, 2.75) is 0 Å². The van der Waals surface area contributed by atoms with E-state index < -0.39 is 0 Å². The van der Waals surface area contributed by atoms with E-state index in [1.54, 1.807) is 0 Å². The van der Waals surface area contributed by atoms with Crippen LogP contribution in [-0.2, 0) is 0 Å². The Hall–Kier alpha value is -7.17. The van der Waals surface area contributed by atoms with Crippen molar-refractivity contribution in [2.75, 3.05) is 0 Å². The molecule has 6 aromatic carbocycles. The van der Waals surface area contributed by atoms with Gasteiger partial charge >= 0.3 is 0 Å². The maximum absolute atomic E-state index is 5.17. The van der Waals surface area contributed by atoms with Crippen LogP contribution in [-0.4, -0.2) is 19.5 Å². The van der Waals surface area contributed by atoms with Crippen LogP contribution < -0.4 is 0 Å². The maximum atomic E-state index is 5.17. The van der Waals surface area contributed by atoms with Gasteiger partial charge in [0.25, 0.3) is 0 Å². The van der Waals surface area contributed by atoms with Gasteiger partial charge in [0.15, 0.2) is 0 Å². The summed E-state index contributed by atoms with van der Waals surface area (Å²) in [6, 6.07) is 62.3. The third-order valence-electron chi connectivity index (χ3n) is 10.1. The van der Waals surface area contributed by atoms with Gasteiger partial charge in [-0.25, -0.2) is 4.98 Å². The van der Waals surface area contributed by atoms with E-state index in [4.69, 9.17) is 4.98 Å². The smallest absolute Gasteiger partial charge is 0.0899 e. The molecule has 10 rings (SSSR count). The van der Waals surface area contributed by atoms with Crippen molar-refractivity contribution in [1.29, 1.82) is 0 Å². The van der Waals surface area contributed by atoms with Crippen LogP contribution >= 0.6 is 0 Å². The molecular formula is C49H32N4. The van der Waals surface area contributed by atoms with Crippen molar-refractivity contribution >= 4 is 32.6 Å². The fourth-order valence-corrected chi connectivity index (χ4v) is 7.57. The molecule has 4 heteroatoms. The Bertz CT molecular complexity index is 2920. The van der Waals surface area contributed by atoms with Gasteiger partial charge in [0.1, 0.15) is 0 Å². The molecule has 0 amide bonds. The van der Waals surface area contributed by atoms with Crippen molar-refractivity contribution < 1.29 is 0 Å². The number of para-hydroxylation sites is 1. The maximum Gasteiger partial charge on any atom is 0.0899 e. The predicted molar refractivity (Wildman–Crippen MR) is 219 cm³/mol. The van der Waals surface area contributed by atoms with Crippen molar-refractivity contribution in [2.24, 2.45) is 0 Å². The summed E-state index contributed by atoms with van der Waals surface area (Å²) in [7, 11) is 0. The van der Waals surface area contributed by atoms with Crippen LogP contribution in [0.15, 0.2) is 195 Å². The van der Waals surface area contributed by atoms with E-state index in [2.05, 4.69) is 172 Å². The first-order valence-corrected chi connectivity index (χ1v) is 17.8. The monoisotopic (exact) mass is 676 g/mol. The Morgan fingerprint density at radius 2 is 1.09 bits per heavy atom. The lowest BCUT2D eigenvalue weighted by Gasteiger charge is -2.12. The zero-order valence-corrected chi connectivity index (χ0v) is 28.8. The number of hydrogen-bond acceptors (Lipinski definition) is 3. The minimum atomic E-state index is 0.839. The first-order valence-electron chi connectivity index (χ1n) is 17.8. The van der Waals surface area contributed by atoms with Gasteiger partial charge in [-0.05, 0) is 105 Å². The largest absolute Gasteiger partial charge is 0.309 e. The fraction of sp³-hybridized carbons (Fsp3) is 0. The summed E-state index contributed by atoms with van der Waals surface area (Å²) in [6.45, 7) is 0. The molecule has 4 nitrogen and oxygen atoms in total. The van der Waals surface area contributed by atoms with E-state index in [0.29, 0.717) is 0 Å². The third kappa shape index (κ3) is 5.54. The first-order chi connectivity index (χ1) is 26.3. The average Bonchev–Trinajstić information content (AvgIpc) is 3.58. The molecule has 0 atom stereocenters. The highest BCUT2D eigenvalue weighted by Gasteiger charge is 2.15. The number of nitrogens with zero attached hydrogens (tertiary/aromatic N) is 4. The van der Waals surface area contributed by atoms with E-state index in [1.807, 2.05) is 36.8 Å². The lowest BCUT2D eigenvalue weighted by molar-refractivity contribution is 1.17. The average molecular weight is 677 g/mol. The van der Waals surface area contributed by atoms with Crippen LogP contribution in [0.25, 0.3) is 94.3 Å². The summed E-state index contributed by atoms with van der Waals surface area (Å²) in [6.07, 6.45) is 5.66. The lowest BCUT2D eigenvalue weighted by atomic mass is 9.95. The lowest BCUT2D eigenvalue weighted by Crippen LogP contribution is -1.93. The second-order valence-corrected chi connectivity index (χ2v) is 13.3. The van der Waals surface area contributed by atoms with Crippen molar-refractivity contribution in [3.05, 3.63) is 195 Å². The highest BCUT2D eigenvalue weighted by atomic mass is 15.0. The molecule has 10 aromatic rings. The van der Waals surface area contributed by atoms with E-state index >= 15 is 0 Å². The molecule has 0 fully saturated rings. The van der Waals surface area contributed by atoms with Crippen LogP contribution in [0, 0.1) is 0 Å². The summed E-state index contributed by atoms with van der Waals surface area (Å²) >= 11 is 0. The number of rotatable bonds is 6. The summed E-state index contributed by atoms with van der Waals surface area (Å²) in [5, 5.41) is 4.79.